The molecule has 0 radical (unpaired) electrons. The minimum atomic E-state index is -0.168. The van der Waals surface area contributed by atoms with Gasteiger partial charge in [0.2, 0.25) is 0 Å². The van der Waals surface area contributed by atoms with Crippen molar-refractivity contribution in [3.8, 4) is 28.3 Å². The molecular weight excluding hydrogens is 518 g/mol. The second kappa shape index (κ2) is 11.8. The van der Waals surface area contributed by atoms with Crippen LogP contribution in [-0.2, 0) is 23.1 Å². The fourth-order valence-corrected chi connectivity index (χ4v) is 5.05. The van der Waals surface area contributed by atoms with Crippen molar-refractivity contribution in [2.24, 2.45) is 13.0 Å². The largest absolute Gasteiger partial charge is 0.489 e. The van der Waals surface area contributed by atoms with E-state index < -0.39 is 0 Å². The number of halogens is 1. The van der Waals surface area contributed by atoms with E-state index in [1.54, 1.807) is 4.68 Å². The number of ether oxygens (including phenoxy) is 2. The minimum absolute atomic E-state index is 0.0493. The van der Waals surface area contributed by atoms with Crippen LogP contribution in [0.5, 0.6) is 5.75 Å². The molecule has 4 aromatic rings. The van der Waals surface area contributed by atoms with Gasteiger partial charge in [0.25, 0.3) is 0 Å². The van der Waals surface area contributed by atoms with Gasteiger partial charge in [0.05, 0.1) is 42.8 Å². The number of hydrogen-bond acceptors (Lipinski definition) is 9. The van der Waals surface area contributed by atoms with Crippen LogP contribution in [0.15, 0.2) is 48.5 Å². The fraction of sp³-hybridized carbons (Fsp3) is 0.357. The summed E-state index contributed by atoms with van der Waals surface area (Å²) in [5.74, 6) is 0.988. The summed E-state index contributed by atoms with van der Waals surface area (Å²) >= 11 is 6.31. The summed E-state index contributed by atoms with van der Waals surface area (Å²) in [6.07, 6.45) is 3.26. The summed E-state index contributed by atoms with van der Waals surface area (Å²) in [7, 11) is 3.27. The molecule has 1 aliphatic rings. The number of hydrogen-bond donors (Lipinski definition) is 1. The fourth-order valence-electron chi connectivity index (χ4n) is 4.85. The first kappa shape index (κ1) is 26.6. The van der Waals surface area contributed by atoms with Gasteiger partial charge < -0.3 is 14.8 Å². The van der Waals surface area contributed by atoms with Crippen LogP contribution >= 0.6 is 11.6 Å². The summed E-state index contributed by atoms with van der Waals surface area (Å²) in [5, 5.41) is 20.5. The van der Waals surface area contributed by atoms with Crippen molar-refractivity contribution >= 4 is 23.4 Å². The predicted molar refractivity (Wildman–Crippen MR) is 147 cm³/mol. The Hall–Kier alpha value is -4.05. The van der Waals surface area contributed by atoms with E-state index in [1.165, 1.54) is 7.11 Å². The Morgan fingerprint density at radius 3 is 2.72 bits per heavy atom. The standard InChI is InChI=1S/C28H30ClN7O3/c1-17-24(39-20-11-7-10-19(14-20)28(37)38-3)13-12-22(31-17)26-23(36(2)35-33-26)16-30-25-15-21(27(29)34-32-25)18-8-5-4-6-9-18/h4-6,8-9,12-13,15,19-20H,7,10-11,14,16H2,1-3H3,(H,30,32)/t19-,20-/m0/s1. The number of methoxy groups -OCH3 is 1. The Morgan fingerprint density at radius 1 is 1.13 bits per heavy atom. The van der Waals surface area contributed by atoms with Crippen LogP contribution in [0.25, 0.3) is 22.5 Å². The molecule has 202 valence electrons. The average Bonchev–Trinajstić information content (AvgIpc) is 3.33. The van der Waals surface area contributed by atoms with Gasteiger partial charge in [0.15, 0.2) is 5.15 Å². The van der Waals surface area contributed by atoms with Gasteiger partial charge in [-0.05, 0) is 56.4 Å². The third-order valence-electron chi connectivity index (χ3n) is 6.95. The van der Waals surface area contributed by atoms with E-state index >= 15 is 0 Å². The summed E-state index contributed by atoms with van der Waals surface area (Å²) in [4.78, 5) is 16.8. The molecule has 0 unspecified atom stereocenters. The van der Waals surface area contributed by atoms with E-state index in [0.29, 0.717) is 41.1 Å². The molecule has 0 aliphatic heterocycles. The molecule has 3 aromatic heterocycles. The Morgan fingerprint density at radius 2 is 1.95 bits per heavy atom. The Kier molecular flexibility index (Phi) is 8.02. The van der Waals surface area contributed by atoms with Crippen LogP contribution in [0, 0.1) is 12.8 Å². The van der Waals surface area contributed by atoms with Crippen LogP contribution in [0.1, 0.15) is 37.1 Å². The van der Waals surface area contributed by atoms with E-state index in [2.05, 4.69) is 25.8 Å². The van der Waals surface area contributed by atoms with Crippen LogP contribution in [0.3, 0.4) is 0 Å². The van der Waals surface area contributed by atoms with E-state index in [0.717, 1.165) is 41.8 Å². The number of aryl methyl sites for hydroxylation is 2. The van der Waals surface area contributed by atoms with Gasteiger partial charge in [-0.2, -0.15) is 0 Å². The molecule has 0 amide bonds. The molecule has 5 rings (SSSR count). The predicted octanol–water partition coefficient (Wildman–Crippen LogP) is 5.02. The molecule has 0 spiro atoms. The molecule has 1 N–H and O–H groups in total. The quantitative estimate of drug-likeness (QED) is 0.303. The lowest BCUT2D eigenvalue weighted by molar-refractivity contribution is -0.147. The third kappa shape index (κ3) is 6.01. The number of carbonyl (C=O) groups excluding carboxylic acids is 1. The van der Waals surface area contributed by atoms with E-state index in [9.17, 15) is 4.79 Å². The third-order valence-corrected chi connectivity index (χ3v) is 7.23. The highest BCUT2D eigenvalue weighted by Crippen LogP contribution is 2.31. The number of pyridine rings is 1. The molecule has 1 saturated carbocycles. The monoisotopic (exact) mass is 547 g/mol. The van der Waals surface area contributed by atoms with Crippen molar-refractivity contribution in [3.63, 3.8) is 0 Å². The second-order valence-electron chi connectivity index (χ2n) is 9.57. The van der Waals surface area contributed by atoms with E-state index in [1.807, 2.05) is 62.5 Å². The number of esters is 1. The molecule has 1 aliphatic carbocycles. The van der Waals surface area contributed by atoms with Crippen molar-refractivity contribution in [2.75, 3.05) is 12.4 Å². The molecule has 0 saturated heterocycles. The first-order valence-corrected chi connectivity index (χ1v) is 13.2. The second-order valence-corrected chi connectivity index (χ2v) is 9.93. The van der Waals surface area contributed by atoms with Gasteiger partial charge in [0, 0.05) is 12.6 Å². The molecule has 3 heterocycles. The van der Waals surface area contributed by atoms with Gasteiger partial charge in [-0.3, -0.25) is 4.79 Å². The number of benzene rings is 1. The Balaban J connectivity index is 1.30. The normalized spacial score (nSPS) is 17.0. The van der Waals surface area contributed by atoms with Crippen LogP contribution in [0.2, 0.25) is 5.15 Å². The Labute approximate surface area is 231 Å². The summed E-state index contributed by atoms with van der Waals surface area (Å²) < 4.78 is 12.9. The van der Waals surface area contributed by atoms with Crippen LogP contribution in [-0.4, -0.2) is 49.4 Å². The molecule has 1 aromatic carbocycles. The summed E-state index contributed by atoms with van der Waals surface area (Å²) in [6.45, 7) is 2.31. The van der Waals surface area contributed by atoms with Crippen LogP contribution < -0.4 is 10.1 Å². The highest BCUT2D eigenvalue weighted by atomic mass is 35.5. The van der Waals surface area contributed by atoms with Crippen molar-refractivity contribution in [1.29, 1.82) is 0 Å². The average molecular weight is 548 g/mol. The van der Waals surface area contributed by atoms with Gasteiger partial charge in [-0.25, -0.2) is 9.67 Å². The molecule has 11 heteroatoms. The molecule has 1 fully saturated rings. The van der Waals surface area contributed by atoms with Crippen molar-refractivity contribution in [1.82, 2.24) is 30.2 Å². The lowest BCUT2D eigenvalue weighted by atomic mass is 9.87. The molecule has 2 atom stereocenters. The van der Waals surface area contributed by atoms with Crippen LogP contribution in [0.4, 0.5) is 5.82 Å². The van der Waals surface area contributed by atoms with E-state index in [-0.39, 0.29) is 18.0 Å². The SMILES string of the molecule is COC(=O)[C@H]1CCC[C@H](Oc2ccc(-c3nnn(C)c3CNc3cc(-c4ccccc4)c(Cl)nn3)nc2C)C1. The topological polar surface area (TPSA) is 117 Å². The first-order chi connectivity index (χ1) is 18.9. The highest BCUT2D eigenvalue weighted by Gasteiger charge is 2.29. The maximum atomic E-state index is 12.0. The number of anilines is 1. The smallest absolute Gasteiger partial charge is 0.308 e. The number of carbonyl (C=O) groups is 1. The Bertz CT molecular complexity index is 1460. The van der Waals surface area contributed by atoms with Gasteiger partial charge in [-0.1, -0.05) is 47.1 Å². The van der Waals surface area contributed by atoms with Gasteiger partial charge >= 0.3 is 5.97 Å². The van der Waals surface area contributed by atoms with Crippen molar-refractivity contribution < 1.29 is 14.3 Å². The van der Waals surface area contributed by atoms with Gasteiger partial charge in [0.1, 0.15) is 17.3 Å². The van der Waals surface area contributed by atoms with Crippen molar-refractivity contribution in [3.05, 3.63) is 65.1 Å². The van der Waals surface area contributed by atoms with E-state index in [4.69, 9.17) is 26.1 Å². The molecule has 0 bridgehead atoms. The lowest BCUT2D eigenvalue weighted by Gasteiger charge is -2.28. The van der Waals surface area contributed by atoms with Gasteiger partial charge in [-0.15, -0.1) is 15.3 Å². The molecule has 39 heavy (non-hydrogen) atoms. The zero-order chi connectivity index (χ0) is 27.4. The maximum Gasteiger partial charge on any atom is 0.308 e. The lowest BCUT2D eigenvalue weighted by Crippen LogP contribution is -2.30. The zero-order valence-corrected chi connectivity index (χ0v) is 22.9. The molecular formula is C28H30ClN7O3. The highest BCUT2D eigenvalue weighted by molar-refractivity contribution is 6.32. The zero-order valence-electron chi connectivity index (χ0n) is 22.1. The number of nitrogens with one attached hydrogen (secondary N) is 1. The maximum absolute atomic E-state index is 12.0. The number of nitrogens with zero attached hydrogens (tertiary/aromatic N) is 6. The number of rotatable bonds is 8. The molecule has 10 nitrogen and oxygen atoms in total. The van der Waals surface area contributed by atoms with Crippen molar-refractivity contribution in [2.45, 2.75) is 45.3 Å². The first-order valence-electron chi connectivity index (χ1n) is 12.9. The number of aromatic nitrogens is 6. The summed E-state index contributed by atoms with van der Waals surface area (Å²) in [5.41, 5.74) is 4.68. The minimum Gasteiger partial charge on any atom is -0.489 e. The summed E-state index contributed by atoms with van der Waals surface area (Å²) in [6, 6.07) is 15.5.